The molecule has 1 saturated heterocycles. The molecule has 0 bridgehead atoms. The van der Waals surface area contributed by atoms with E-state index >= 15 is 0 Å². The molecule has 5 atom stereocenters. The fraction of sp³-hybridized carbons (Fsp3) is 0.630. The van der Waals surface area contributed by atoms with Crippen LogP contribution in [0.4, 0.5) is 0 Å². The highest BCUT2D eigenvalue weighted by atomic mass is 16.5. The van der Waals surface area contributed by atoms with Gasteiger partial charge in [0, 0.05) is 38.2 Å². The molecule has 0 aliphatic carbocycles. The van der Waals surface area contributed by atoms with Crippen LogP contribution in [-0.2, 0) is 23.9 Å². The second-order valence-electron chi connectivity index (χ2n) is 9.37. The minimum atomic E-state index is -0.957. The minimum Gasteiger partial charge on any atom is -0.390 e. The lowest BCUT2D eigenvalue weighted by atomic mass is 9.87. The molecule has 35 heavy (non-hydrogen) atoms. The maximum absolute atomic E-state index is 12.6. The standard InChI is InChI=1S/C27H41NO7/c1-18(22(30)12-10-11-21-16-24(31)28-25(32)17-21)15-19(2)26(33)20(3)27(34)23(35-4)13-8-6-5-7-9-14-29/h7-9,13-15,18,20-21,23,26-27,33-34H,5-6,10-12,16-17H2,1-4H3,(H,28,31,32)/b9-7+,13-8+,19-15+. The largest absolute Gasteiger partial charge is 0.390 e. The molecule has 0 aromatic rings. The van der Waals surface area contributed by atoms with Gasteiger partial charge in [0.2, 0.25) is 11.8 Å². The van der Waals surface area contributed by atoms with Crippen LogP contribution in [0.5, 0.6) is 0 Å². The fourth-order valence-corrected chi connectivity index (χ4v) is 4.24. The Morgan fingerprint density at radius 1 is 1.14 bits per heavy atom. The zero-order chi connectivity index (χ0) is 26.4. The number of aliphatic hydroxyl groups is 2. The molecular formula is C27H41NO7. The lowest BCUT2D eigenvalue weighted by Crippen LogP contribution is -2.39. The number of nitrogens with one attached hydrogen (secondary N) is 1. The van der Waals surface area contributed by atoms with E-state index in [1.165, 1.54) is 13.2 Å². The van der Waals surface area contributed by atoms with Gasteiger partial charge in [-0.2, -0.15) is 0 Å². The van der Waals surface area contributed by atoms with Crippen molar-refractivity contribution in [2.45, 2.75) is 84.0 Å². The number of hydrogen-bond donors (Lipinski definition) is 3. The van der Waals surface area contributed by atoms with Crippen molar-refractivity contribution in [1.82, 2.24) is 5.32 Å². The summed E-state index contributed by atoms with van der Waals surface area (Å²) in [5.41, 5.74) is 0.602. The zero-order valence-electron chi connectivity index (χ0n) is 21.3. The quantitative estimate of drug-likeness (QED) is 0.0995. The first kappa shape index (κ1) is 30.6. The van der Waals surface area contributed by atoms with E-state index < -0.39 is 30.1 Å². The fourth-order valence-electron chi connectivity index (χ4n) is 4.24. The Morgan fingerprint density at radius 2 is 1.77 bits per heavy atom. The summed E-state index contributed by atoms with van der Waals surface area (Å²) in [5.74, 6) is -1.44. The first-order valence-electron chi connectivity index (χ1n) is 12.3. The van der Waals surface area contributed by atoms with E-state index in [0.29, 0.717) is 50.5 Å². The Bertz CT molecular complexity index is 785. The first-order valence-corrected chi connectivity index (χ1v) is 12.3. The molecule has 8 nitrogen and oxygen atoms in total. The Morgan fingerprint density at radius 3 is 2.37 bits per heavy atom. The van der Waals surface area contributed by atoms with Gasteiger partial charge >= 0.3 is 0 Å². The number of aldehydes is 1. The van der Waals surface area contributed by atoms with Gasteiger partial charge in [0.1, 0.15) is 18.2 Å². The number of ether oxygens (including phenoxy) is 1. The Balaban J connectivity index is 2.57. The van der Waals surface area contributed by atoms with Gasteiger partial charge < -0.3 is 14.9 Å². The summed E-state index contributed by atoms with van der Waals surface area (Å²) in [6.45, 7) is 5.24. The van der Waals surface area contributed by atoms with Crippen molar-refractivity contribution in [3.63, 3.8) is 0 Å². The van der Waals surface area contributed by atoms with Crippen molar-refractivity contribution in [3.05, 3.63) is 36.0 Å². The number of hydrogen-bond acceptors (Lipinski definition) is 7. The third-order valence-corrected chi connectivity index (χ3v) is 6.44. The van der Waals surface area contributed by atoms with Crippen molar-refractivity contribution >= 4 is 23.9 Å². The highest BCUT2D eigenvalue weighted by molar-refractivity contribution is 5.97. The van der Waals surface area contributed by atoms with E-state index in [0.717, 1.165) is 6.29 Å². The predicted molar refractivity (Wildman–Crippen MR) is 133 cm³/mol. The lowest BCUT2D eigenvalue weighted by Gasteiger charge is -2.29. The van der Waals surface area contributed by atoms with Crippen LogP contribution in [0, 0.1) is 17.8 Å². The Hall–Kier alpha value is -2.42. The predicted octanol–water partition coefficient (Wildman–Crippen LogP) is 2.83. The van der Waals surface area contributed by atoms with Crippen molar-refractivity contribution in [2.24, 2.45) is 17.8 Å². The van der Waals surface area contributed by atoms with Gasteiger partial charge in [0.25, 0.3) is 0 Å². The van der Waals surface area contributed by atoms with Crippen LogP contribution in [0.15, 0.2) is 36.0 Å². The highest BCUT2D eigenvalue weighted by Crippen LogP contribution is 2.23. The monoisotopic (exact) mass is 491 g/mol. The second kappa shape index (κ2) is 16.3. The van der Waals surface area contributed by atoms with Crippen LogP contribution in [-0.4, -0.2) is 59.5 Å². The van der Waals surface area contributed by atoms with Crippen LogP contribution in [0.2, 0.25) is 0 Å². The lowest BCUT2D eigenvalue weighted by molar-refractivity contribution is -0.135. The number of rotatable bonds is 16. The maximum atomic E-state index is 12.6. The average molecular weight is 492 g/mol. The number of aliphatic hydroxyl groups excluding tert-OH is 2. The van der Waals surface area contributed by atoms with Crippen molar-refractivity contribution in [3.8, 4) is 0 Å². The molecule has 0 aromatic carbocycles. The number of imide groups is 1. The summed E-state index contributed by atoms with van der Waals surface area (Å²) in [6, 6.07) is 0. The SMILES string of the molecule is COC(/C=C/CC/C=C/C=O)C(O)C(C)C(O)/C(C)=C/C(C)C(=O)CCCC1CC(=O)NC(=O)C1. The number of piperidine rings is 1. The first-order chi connectivity index (χ1) is 16.6. The van der Waals surface area contributed by atoms with Crippen molar-refractivity contribution < 1.29 is 34.1 Å². The van der Waals surface area contributed by atoms with Crippen molar-refractivity contribution in [2.75, 3.05) is 7.11 Å². The van der Waals surface area contributed by atoms with E-state index in [-0.39, 0.29) is 23.5 Å². The van der Waals surface area contributed by atoms with Gasteiger partial charge in [-0.25, -0.2) is 0 Å². The topological polar surface area (TPSA) is 130 Å². The molecule has 1 aliphatic rings. The number of Topliss-reactive ketones (excluding diaryl/α,β-unsaturated/α-hetero) is 1. The van der Waals surface area contributed by atoms with Gasteiger partial charge in [-0.3, -0.25) is 24.5 Å². The molecule has 1 rings (SSSR count). The summed E-state index contributed by atoms with van der Waals surface area (Å²) < 4.78 is 5.38. The van der Waals surface area contributed by atoms with E-state index in [9.17, 15) is 29.4 Å². The van der Waals surface area contributed by atoms with Gasteiger partial charge in [-0.1, -0.05) is 38.2 Å². The van der Waals surface area contributed by atoms with Gasteiger partial charge in [-0.05, 0) is 50.2 Å². The molecule has 196 valence electrons. The number of unbranched alkanes of at least 4 members (excludes halogenated alkanes) is 1. The third kappa shape index (κ3) is 11.2. The van der Waals surface area contributed by atoms with Crippen LogP contribution in [0.1, 0.15) is 65.7 Å². The molecule has 0 saturated carbocycles. The summed E-state index contributed by atoms with van der Waals surface area (Å²) in [6.07, 6.45) is 10.4. The molecule has 2 amide bonds. The maximum Gasteiger partial charge on any atom is 0.226 e. The molecule has 1 aliphatic heterocycles. The van der Waals surface area contributed by atoms with Crippen LogP contribution in [0.3, 0.4) is 0 Å². The van der Waals surface area contributed by atoms with E-state index in [2.05, 4.69) is 5.32 Å². The summed E-state index contributed by atoms with van der Waals surface area (Å²) in [4.78, 5) is 45.8. The summed E-state index contributed by atoms with van der Waals surface area (Å²) in [5, 5.41) is 23.8. The van der Waals surface area contributed by atoms with Crippen LogP contribution < -0.4 is 5.32 Å². The number of allylic oxidation sites excluding steroid dienone is 4. The Labute approximate surface area is 208 Å². The minimum absolute atomic E-state index is 0.0172. The highest BCUT2D eigenvalue weighted by Gasteiger charge is 2.29. The zero-order valence-corrected chi connectivity index (χ0v) is 21.3. The molecule has 8 heteroatoms. The molecule has 3 N–H and O–H groups in total. The second-order valence-corrected chi connectivity index (χ2v) is 9.37. The molecule has 1 heterocycles. The molecule has 0 aromatic heterocycles. The Kier molecular flexibility index (Phi) is 14.2. The van der Waals surface area contributed by atoms with E-state index in [1.54, 1.807) is 39.0 Å². The number of carbonyl (C=O) groups excluding carboxylic acids is 4. The number of ketones is 1. The van der Waals surface area contributed by atoms with Gasteiger partial charge in [-0.15, -0.1) is 0 Å². The molecule has 5 unspecified atom stereocenters. The van der Waals surface area contributed by atoms with E-state index in [1.807, 2.05) is 6.08 Å². The van der Waals surface area contributed by atoms with Crippen LogP contribution in [0.25, 0.3) is 0 Å². The molecule has 1 fully saturated rings. The summed E-state index contributed by atoms with van der Waals surface area (Å²) in [7, 11) is 1.49. The smallest absolute Gasteiger partial charge is 0.226 e. The number of amides is 2. The van der Waals surface area contributed by atoms with Gasteiger partial charge in [0.05, 0.1) is 12.2 Å². The molecule has 0 spiro atoms. The van der Waals surface area contributed by atoms with Gasteiger partial charge in [0.15, 0.2) is 0 Å². The average Bonchev–Trinajstić information content (AvgIpc) is 2.81. The van der Waals surface area contributed by atoms with E-state index in [4.69, 9.17) is 4.74 Å². The molecule has 0 radical (unpaired) electrons. The summed E-state index contributed by atoms with van der Waals surface area (Å²) >= 11 is 0. The van der Waals surface area contributed by atoms with Crippen molar-refractivity contribution in [1.29, 1.82) is 0 Å². The van der Waals surface area contributed by atoms with Crippen LogP contribution >= 0.6 is 0 Å². The normalized spacial score (nSPS) is 20.0. The third-order valence-electron chi connectivity index (χ3n) is 6.44. The number of methoxy groups -OCH3 is 1. The number of carbonyl (C=O) groups is 4. The molecular weight excluding hydrogens is 450 g/mol.